The molecular formula is C17H22N2O2S2. The van der Waals surface area contributed by atoms with Crippen molar-refractivity contribution in [1.29, 1.82) is 0 Å². The molecule has 0 aliphatic heterocycles. The van der Waals surface area contributed by atoms with Crippen LogP contribution in [0.25, 0.3) is 0 Å². The van der Waals surface area contributed by atoms with E-state index in [1.54, 1.807) is 0 Å². The van der Waals surface area contributed by atoms with Gasteiger partial charge in [0.1, 0.15) is 0 Å². The lowest BCUT2D eigenvalue weighted by molar-refractivity contribution is 0.212. The van der Waals surface area contributed by atoms with Crippen LogP contribution in [0.5, 0.6) is 0 Å². The SMILES string of the molecule is CC(C)(C)c1csc(NC(O)c2ccc(C#CCCCO)s2)n1. The fourth-order valence-corrected chi connectivity index (χ4v) is 3.54. The molecule has 124 valence electrons. The molecule has 6 heteroatoms. The lowest BCUT2D eigenvalue weighted by atomic mass is 9.93. The fourth-order valence-electron chi connectivity index (χ4n) is 1.76. The summed E-state index contributed by atoms with van der Waals surface area (Å²) in [4.78, 5) is 6.24. The number of thiazole rings is 1. The molecule has 2 aromatic heterocycles. The summed E-state index contributed by atoms with van der Waals surface area (Å²) in [6.45, 7) is 6.51. The van der Waals surface area contributed by atoms with Gasteiger partial charge in [-0.2, -0.15) is 0 Å². The Kier molecular flexibility index (Phi) is 6.19. The molecule has 2 heterocycles. The Hall–Kier alpha value is -1.39. The van der Waals surface area contributed by atoms with E-state index in [9.17, 15) is 5.11 Å². The first kappa shape index (κ1) is 18.0. The smallest absolute Gasteiger partial charge is 0.185 e. The molecule has 2 rings (SSSR count). The molecular weight excluding hydrogens is 328 g/mol. The van der Waals surface area contributed by atoms with Gasteiger partial charge in [0.05, 0.1) is 15.4 Å². The zero-order chi connectivity index (χ0) is 16.9. The summed E-state index contributed by atoms with van der Waals surface area (Å²) in [5, 5.41) is 24.8. The number of rotatable bonds is 5. The predicted octanol–water partition coefficient (Wildman–Crippen LogP) is 3.73. The molecule has 0 spiro atoms. The maximum atomic E-state index is 10.3. The van der Waals surface area contributed by atoms with Gasteiger partial charge in [0, 0.05) is 23.8 Å². The zero-order valence-corrected chi connectivity index (χ0v) is 15.2. The molecule has 0 saturated carbocycles. The second-order valence-corrected chi connectivity index (χ2v) is 8.14. The van der Waals surface area contributed by atoms with Gasteiger partial charge in [-0.1, -0.05) is 32.6 Å². The lowest BCUT2D eigenvalue weighted by Gasteiger charge is -2.14. The molecule has 1 atom stereocenters. The molecule has 0 aromatic carbocycles. The lowest BCUT2D eigenvalue weighted by Crippen LogP contribution is -2.12. The van der Waals surface area contributed by atoms with Crippen LogP contribution in [-0.2, 0) is 5.41 Å². The number of aromatic nitrogens is 1. The fraction of sp³-hybridized carbons (Fsp3) is 0.471. The summed E-state index contributed by atoms with van der Waals surface area (Å²) >= 11 is 2.96. The summed E-state index contributed by atoms with van der Waals surface area (Å²) in [5.74, 6) is 6.06. The topological polar surface area (TPSA) is 65.4 Å². The molecule has 0 saturated heterocycles. The van der Waals surface area contributed by atoms with Crippen LogP contribution in [-0.4, -0.2) is 21.8 Å². The molecule has 0 radical (unpaired) electrons. The Morgan fingerprint density at radius 2 is 2.13 bits per heavy atom. The van der Waals surface area contributed by atoms with E-state index in [-0.39, 0.29) is 12.0 Å². The van der Waals surface area contributed by atoms with Crippen LogP contribution < -0.4 is 5.32 Å². The molecule has 23 heavy (non-hydrogen) atoms. The average molecular weight is 351 g/mol. The number of nitrogens with zero attached hydrogens (tertiary/aromatic N) is 1. The van der Waals surface area contributed by atoms with E-state index in [4.69, 9.17) is 5.11 Å². The van der Waals surface area contributed by atoms with Gasteiger partial charge >= 0.3 is 0 Å². The van der Waals surface area contributed by atoms with E-state index >= 15 is 0 Å². The van der Waals surface area contributed by atoms with Crippen molar-refractivity contribution >= 4 is 27.8 Å². The molecule has 2 aromatic rings. The summed E-state index contributed by atoms with van der Waals surface area (Å²) in [5.41, 5.74) is 1.01. The van der Waals surface area contributed by atoms with Gasteiger partial charge in [-0.3, -0.25) is 0 Å². The van der Waals surface area contributed by atoms with Gasteiger partial charge in [0.2, 0.25) is 0 Å². The third-order valence-electron chi connectivity index (χ3n) is 3.10. The zero-order valence-electron chi connectivity index (χ0n) is 13.6. The Morgan fingerprint density at radius 1 is 1.35 bits per heavy atom. The summed E-state index contributed by atoms with van der Waals surface area (Å²) < 4.78 is 0. The van der Waals surface area contributed by atoms with E-state index in [0.717, 1.165) is 15.4 Å². The molecule has 1 unspecified atom stereocenters. The van der Waals surface area contributed by atoms with Crippen LogP contribution in [0, 0.1) is 11.8 Å². The van der Waals surface area contributed by atoms with Crippen LogP contribution in [0.15, 0.2) is 17.5 Å². The molecule has 4 nitrogen and oxygen atoms in total. The van der Waals surface area contributed by atoms with Gasteiger partial charge in [-0.05, 0) is 18.6 Å². The van der Waals surface area contributed by atoms with Gasteiger partial charge < -0.3 is 15.5 Å². The second kappa shape index (κ2) is 7.93. The van der Waals surface area contributed by atoms with Crippen molar-refractivity contribution < 1.29 is 10.2 Å². The van der Waals surface area contributed by atoms with Crippen LogP contribution in [0.1, 0.15) is 55.3 Å². The number of thiophene rings is 1. The van der Waals surface area contributed by atoms with Crippen molar-refractivity contribution in [3.05, 3.63) is 33.0 Å². The molecule has 3 N–H and O–H groups in total. The van der Waals surface area contributed by atoms with Gasteiger partial charge in [0.25, 0.3) is 0 Å². The monoisotopic (exact) mass is 350 g/mol. The third-order valence-corrected chi connectivity index (χ3v) is 4.93. The number of hydrogen-bond acceptors (Lipinski definition) is 6. The Balaban J connectivity index is 1.98. The van der Waals surface area contributed by atoms with Gasteiger partial charge in [0.15, 0.2) is 11.4 Å². The van der Waals surface area contributed by atoms with Crippen LogP contribution in [0.3, 0.4) is 0 Å². The third kappa shape index (κ3) is 5.33. The highest BCUT2D eigenvalue weighted by atomic mass is 32.1. The largest absolute Gasteiger partial charge is 0.396 e. The van der Waals surface area contributed by atoms with Crippen molar-refractivity contribution in [1.82, 2.24) is 4.98 Å². The Bertz CT molecular complexity index is 689. The van der Waals surface area contributed by atoms with E-state index in [0.29, 0.717) is 18.0 Å². The maximum Gasteiger partial charge on any atom is 0.185 e. The van der Waals surface area contributed by atoms with Crippen molar-refractivity contribution in [2.45, 2.75) is 45.3 Å². The molecule has 0 aliphatic carbocycles. The van der Waals surface area contributed by atoms with Crippen molar-refractivity contribution in [3.63, 3.8) is 0 Å². The van der Waals surface area contributed by atoms with Gasteiger partial charge in [-0.25, -0.2) is 4.98 Å². The highest BCUT2D eigenvalue weighted by Crippen LogP contribution is 2.29. The Morgan fingerprint density at radius 3 is 2.78 bits per heavy atom. The van der Waals surface area contributed by atoms with E-state index in [1.165, 1.54) is 22.7 Å². The van der Waals surface area contributed by atoms with Crippen molar-refractivity contribution in [3.8, 4) is 11.8 Å². The number of nitrogens with one attached hydrogen (secondary N) is 1. The van der Waals surface area contributed by atoms with Crippen molar-refractivity contribution in [2.75, 3.05) is 11.9 Å². The van der Waals surface area contributed by atoms with Crippen LogP contribution in [0.4, 0.5) is 5.13 Å². The molecule has 0 amide bonds. The first-order chi connectivity index (χ1) is 10.9. The normalized spacial score (nSPS) is 12.6. The predicted molar refractivity (Wildman–Crippen MR) is 96.9 cm³/mol. The minimum atomic E-state index is -0.785. The number of anilines is 1. The first-order valence-corrected chi connectivity index (χ1v) is 9.20. The highest BCUT2D eigenvalue weighted by molar-refractivity contribution is 7.14. The minimum absolute atomic E-state index is 0.00163. The van der Waals surface area contributed by atoms with E-state index in [2.05, 4.69) is 42.9 Å². The number of unbranched alkanes of at least 4 members (excludes halogenated alkanes) is 1. The molecule has 0 fully saturated rings. The number of aliphatic hydroxyl groups excluding tert-OH is 2. The highest BCUT2D eigenvalue weighted by Gasteiger charge is 2.19. The average Bonchev–Trinajstić information content (AvgIpc) is 3.12. The summed E-state index contributed by atoms with van der Waals surface area (Å²) in [7, 11) is 0. The van der Waals surface area contributed by atoms with Gasteiger partial charge in [-0.15, -0.1) is 22.7 Å². The van der Waals surface area contributed by atoms with E-state index in [1.807, 2.05) is 17.5 Å². The maximum absolute atomic E-state index is 10.3. The number of hydrogen-bond donors (Lipinski definition) is 3. The van der Waals surface area contributed by atoms with Crippen molar-refractivity contribution in [2.24, 2.45) is 0 Å². The second-order valence-electron chi connectivity index (χ2n) is 6.17. The standard InChI is InChI=1S/C17H22N2O2S2/c1-17(2,3)14-11-22-16(18-14)19-15(21)13-9-8-12(23-13)7-5-4-6-10-20/h8-9,11,15,20-21H,4,6,10H2,1-3H3,(H,18,19). The summed E-state index contributed by atoms with van der Waals surface area (Å²) in [6, 6.07) is 3.77. The summed E-state index contributed by atoms with van der Waals surface area (Å²) in [6.07, 6.45) is 0.585. The van der Waals surface area contributed by atoms with Crippen LogP contribution >= 0.6 is 22.7 Å². The van der Waals surface area contributed by atoms with E-state index < -0.39 is 6.23 Å². The first-order valence-electron chi connectivity index (χ1n) is 7.50. The van der Waals surface area contributed by atoms with Crippen LogP contribution in [0.2, 0.25) is 0 Å². The Labute approximate surface area is 145 Å². The minimum Gasteiger partial charge on any atom is -0.396 e. The molecule has 0 aliphatic rings. The number of aliphatic hydroxyl groups is 2. The molecule has 0 bridgehead atoms. The quantitative estimate of drug-likeness (QED) is 0.437.